The maximum Gasteiger partial charge on any atom is -0.0445 e. The van der Waals surface area contributed by atoms with E-state index >= 15 is 0 Å². The van der Waals surface area contributed by atoms with Gasteiger partial charge < -0.3 is 0 Å². The third-order valence-electron chi connectivity index (χ3n) is 0.333. The van der Waals surface area contributed by atoms with E-state index in [1.807, 2.05) is 39.8 Å². The Hall–Kier alpha value is -0.520. The molecule has 68 valence electrons. The van der Waals surface area contributed by atoms with Crippen molar-refractivity contribution in [2.24, 2.45) is 0 Å². The molecule has 0 atom stereocenters. The molecule has 0 fully saturated rings. The van der Waals surface area contributed by atoms with Crippen LogP contribution in [-0.2, 0) is 0 Å². The first-order chi connectivity index (χ1) is 5.06. The first kappa shape index (κ1) is 16.8. The third-order valence-corrected chi connectivity index (χ3v) is 0.333. The summed E-state index contributed by atoms with van der Waals surface area (Å²) in [6, 6.07) is 0. The second-order valence-electron chi connectivity index (χ2n) is 2.58. The summed E-state index contributed by atoms with van der Waals surface area (Å²) < 4.78 is 0. The van der Waals surface area contributed by atoms with E-state index in [0.29, 0.717) is 0 Å². The van der Waals surface area contributed by atoms with Crippen molar-refractivity contribution in [1.29, 1.82) is 0 Å². The highest BCUT2D eigenvalue weighted by atomic mass is 13.6. The molecule has 0 aliphatic heterocycles. The third kappa shape index (κ3) is 2300. The smallest absolute Gasteiger partial charge is 0.0445 e. The second kappa shape index (κ2) is 22.7. The van der Waals surface area contributed by atoms with Crippen molar-refractivity contribution in [2.75, 3.05) is 0 Å². The molecular weight excluding hydrogens is 132 g/mol. The molecule has 0 bridgehead atoms. The molecule has 0 saturated heterocycles. The molecule has 0 radical (unpaired) electrons. The first-order valence-electron chi connectivity index (χ1n) is 4.26. The molecule has 0 spiro atoms. The van der Waals surface area contributed by atoms with Gasteiger partial charge in [0.15, 0.2) is 0 Å². The number of hydrogen-bond donors (Lipinski definition) is 0. The lowest BCUT2D eigenvalue weighted by Gasteiger charge is -1.65. The van der Waals surface area contributed by atoms with Gasteiger partial charge >= 0.3 is 0 Å². The van der Waals surface area contributed by atoms with Gasteiger partial charge in [-0.05, 0) is 27.7 Å². The Morgan fingerprint density at radius 1 is 1.09 bits per heavy atom. The first-order valence-corrected chi connectivity index (χ1v) is 4.26. The van der Waals surface area contributed by atoms with Crippen LogP contribution in [0.5, 0.6) is 0 Å². The maximum atomic E-state index is 3.56. The fourth-order valence-corrected chi connectivity index (χ4v) is 0. The van der Waals surface area contributed by atoms with Crippen molar-refractivity contribution in [3.05, 3.63) is 24.3 Å². The summed E-state index contributed by atoms with van der Waals surface area (Å²) in [5.74, 6) is 0. The second-order valence-corrected chi connectivity index (χ2v) is 2.58. The summed E-state index contributed by atoms with van der Waals surface area (Å²) in [6.07, 6.45) is 5.25. The predicted molar refractivity (Wildman–Crippen MR) is 56.9 cm³/mol. The number of allylic oxidation sites excluding steroid dienone is 3. The van der Waals surface area contributed by atoms with Crippen LogP contribution in [0, 0.1) is 0 Å². The molecular formula is C11H24. The van der Waals surface area contributed by atoms with E-state index in [9.17, 15) is 0 Å². The van der Waals surface area contributed by atoms with Crippen LogP contribution in [0.3, 0.4) is 0 Å². The summed E-state index contributed by atoms with van der Waals surface area (Å²) in [7, 11) is 0. The lowest BCUT2D eigenvalue weighted by Crippen LogP contribution is -1.43. The van der Waals surface area contributed by atoms with Crippen molar-refractivity contribution in [1.82, 2.24) is 0 Å². The molecule has 0 aliphatic rings. The van der Waals surface area contributed by atoms with Crippen LogP contribution in [0.2, 0.25) is 0 Å². The normalized spacial score (nSPS) is 7.45. The Labute approximate surface area is 73.0 Å². The summed E-state index contributed by atoms with van der Waals surface area (Å²) >= 11 is 0. The van der Waals surface area contributed by atoms with E-state index in [1.165, 1.54) is 12.0 Å². The quantitative estimate of drug-likeness (QED) is 0.450. The predicted octanol–water partition coefficient (Wildman–Crippen LogP) is 4.58. The van der Waals surface area contributed by atoms with Gasteiger partial charge in [-0.1, -0.05) is 38.0 Å². The highest BCUT2D eigenvalue weighted by Gasteiger charge is 1.51. The summed E-state index contributed by atoms with van der Waals surface area (Å²) in [4.78, 5) is 0. The standard InChI is InChI=1S/2C4H8.C3H8/c1-4(2)3;1-3-4-2;1-3-2/h1H2,2-3H3;3-4H,1-2H3;3H2,1-2H3/b;4-3-;. The van der Waals surface area contributed by atoms with Crippen LogP contribution in [-0.4, -0.2) is 0 Å². The van der Waals surface area contributed by atoms with Crippen LogP contribution in [0.15, 0.2) is 24.3 Å². The van der Waals surface area contributed by atoms with Crippen LogP contribution in [0.1, 0.15) is 48.0 Å². The molecule has 11 heavy (non-hydrogen) atoms. The zero-order valence-electron chi connectivity index (χ0n) is 9.07. The van der Waals surface area contributed by atoms with Crippen molar-refractivity contribution in [3.8, 4) is 0 Å². The Balaban J connectivity index is -0.0000000886. The SMILES string of the molecule is C/C=C\C.C=C(C)C.CCC. The molecule has 0 saturated carbocycles. The topological polar surface area (TPSA) is 0 Å². The van der Waals surface area contributed by atoms with Gasteiger partial charge in [0.2, 0.25) is 0 Å². The van der Waals surface area contributed by atoms with E-state index in [0.717, 1.165) is 0 Å². The van der Waals surface area contributed by atoms with Crippen LogP contribution >= 0.6 is 0 Å². The summed E-state index contributed by atoms with van der Waals surface area (Å²) in [6.45, 7) is 15.8. The molecule has 0 heteroatoms. The van der Waals surface area contributed by atoms with Gasteiger partial charge in [0.1, 0.15) is 0 Å². The van der Waals surface area contributed by atoms with Crippen LogP contribution in [0.25, 0.3) is 0 Å². The van der Waals surface area contributed by atoms with E-state index in [1.54, 1.807) is 0 Å². The Kier molecular flexibility index (Phi) is 34.7. The van der Waals surface area contributed by atoms with Gasteiger partial charge in [-0.15, -0.1) is 6.58 Å². The molecule has 0 aromatic carbocycles. The van der Waals surface area contributed by atoms with Crippen LogP contribution < -0.4 is 0 Å². The zero-order valence-corrected chi connectivity index (χ0v) is 9.07. The maximum absolute atomic E-state index is 3.56. The van der Waals surface area contributed by atoms with Crippen molar-refractivity contribution >= 4 is 0 Å². The Morgan fingerprint density at radius 3 is 1.18 bits per heavy atom. The molecule has 0 aromatic rings. The van der Waals surface area contributed by atoms with Gasteiger partial charge in [0.25, 0.3) is 0 Å². The summed E-state index contributed by atoms with van der Waals surface area (Å²) in [5, 5.41) is 0. The number of hydrogen-bond acceptors (Lipinski definition) is 0. The lowest BCUT2D eigenvalue weighted by atomic mass is 10.4. The van der Waals surface area contributed by atoms with Gasteiger partial charge in [-0.3, -0.25) is 0 Å². The zero-order chi connectivity index (χ0) is 9.70. The molecule has 0 nitrogen and oxygen atoms in total. The largest absolute Gasteiger partial charge is 0.100 e. The molecule has 0 amide bonds. The minimum Gasteiger partial charge on any atom is -0.100 e. The monoisotopic (exact) mass is 156 g/mol. The van der Waals surface area contributed by atoms with E-state index in [4.69, 9.17) is 0 Å². The lowest BCUT2D eigenvalue weighted by molar-refractivity contribution is 1.09. The molecule has 0 N–H and O–H groups in total. The van der Waals surface area contributed by atoms with Crippen molar-refractivity contribution in [3.63, 3.8) is 0 Å². The van der Waals surface area contributed by atoms with E-state index in [2.05, 4.69) is 20.4 Å². The van der Waals surface area contributed by atoms with Crippen molar-refractivity contribution in [2.45, 2.75) is 48.0 Å². The molecule has 0 unspecified atom stereocenters. The van der Waals surface area contributed by atoms with Gasteiger partial charge in [0.05, 0.1) is 0 Å². The van der Waals surface area contributed by atoms with Crippen molar-refractivity contribution < 1.29 is 0 Å². The Bertz CT molecular complexity index is 70.0. The molecule has 0 rings (SSSR count). The fourth-order valence-electron chi connectivity index (χ4n) is 0. The molecule has 0 heterocycles. The minimum absolute atomic E-state index is 1.17. The average Bonchev–Trinajstić information content (AvgIpc) is 1.88. The molecule has 0 aliphatic carbocycles. The average molecular weight is 156 g/mol. The summed E-state index contributed by atoms with van der Waals surface area (Å²) in [5.41, 5.74) is 1.17. The Morgan fingerprint density at radius 2 is 1.18 bits per heavy atom. The van der Waals surface area contributed by atoms with Gasteiger partial charge in [-0.2, -0.15) is 0 Å². The van der Waals surface area contributed by atoms with E-state index < -0.39 is 0 Å². The van der Waals surface area contributed by atoms with Gasteiger partial charge in [0, 0.05) is 0 Å². The highest BCUT2D eigenvalue weighted by molar-refractivity contribution is 4.78. The van der Waals surface area contributed by atoms with Crippen LogP contribution in [0.4, 0.5) is 0 Å². The highest BCUT2D eigenvalue weighted by Crippen LogP contribution is 1.73. The minimum atomic E-state index is 1.17. The fraction of sp³-hybridized carbons (Fsp3) is 0.636. The number of rotatable bonds is 0. The van der Waals surface area contributed by atoms with E-state index in [-0.39, 0.29) is 0 Å². The molecule has 0 aromatic heterocycles. The van der Waals surface area contributed by atoms with Gasteiger partial charge in [-0.25, -0.2) is 0 Å².